The second-order valence-corrected chi connectivity index (χ2v) is 9.74. The van der Waals surface area contributed by atoms with Crippen LogP contribution in [0.25, 0.3) is 16.8 Å². The topological polar surface area (TPSA) is 98.8 Å². The number of halogens is 1. The molecular formula is C26H25FN4O5S. The van der Waals surface area contributed by atoms with E-state index in [1.165, 1.54) is 30.1 Å². The van der Waals surface area contributed by atoms with Crippen LogP contribution < -0.4 is 19.8 Å². The number of fused-ring (bicyclic) bond motifs is 1. The van der Waals surface area contributed by atoms with Crippen LogP contribution in [-0.2, 0) is 24.1 Å². The van der Waals surface area contributed by atoms with Gasteiger partial charge in [-0.2, -0.15) is 0 Å². The van der Waals surface area contributed by atoms with Crippen molar-refractivity contribution in [2.24, 2.45) is 0 Å². The van der Waals surface area contributed by atoms with Crippen LogP contribution in [0.4, 0.5) is 10.2 Å². The number of pyridine rings is 1. The Labute approximate surface area is 215 Å². The Bertz CT molecular complexity index is 1540. The molecule has 9 nitrogen and oxygen atoms in total. The van der Waals surface area contributed by atoms with Crippen LogP contribution >= 0.6 is 0 Å². The van der Waals surface area contributed by atoms with Crippen molar-refractivity contribution in [2.75, 3.05) is 25.5 Å². The number of nitrogens with one attached hydrogen (secondary N) is 1. The molecule has 2 aromatic heterocycles. The molecule has 0 saturated carbocycles. The summed E-state index contributed by atoms with van der Waals surface area (Å²) in [5, 5.41) is 3.72. The Kier molecular flexibility index (Phi) is 6.81. The first kappa shape index (κ1) is 24.7. The molecule has 1 aliphatic heterocycles. The van der Waals surface area contributed by atoms with E-state index in [-0.39, 0.29) is 5.56 Å². The highest BCUT2D eigenvalue weighted by atomic mass is 32.2. The molecule has 5 rings (SSSR count). The number of anilines is 1. The number of ether oxygens (including phenoxy) is 2. The molecule has 11 heteroatoms. The lowest BCUT2D eigenvalue weighted by atomic mass is 10.0. The third-order valence-electron chi connectivity index (χ3n) is 6.33. The van der Waals surface area contributed by atoms with Crippen molar-refractivity contribution in [1.29, 1.82) is 0 Å². The minimum Gasteiger partial charge on any atom is -0.496 e. The third-order valence-corrected chi connectivity index (χ3v) is 7.49. The maximum Gasteiger partial charge on any atom is 0.255 e. The number of benzene rings is 2. The fraction of sp³-hybridized carbons (Fsp3) is 0.231. The molecule has 2 aromatic carbocycles. The van der Waals surface area contributed by atoms with E-state index < -0.39 is 17.0 Å². The molecule has 0 spiro atoms. The lowest BCUT2D eigenvalue weighted by Gasteiger charge is -2.29. The highest BCUT2D eigenvalue weighted by molar-refractivity contribution is 7.84. The van der Waals surface area contributed by atoms with Crippen LogP contribution in [0.3, 0.4) is 0 Å². The van der Waals surface area contributed by atoms with Crippen molar-refractivity contribution < 1.29 is 22.6 Å². The van der Waals surface area contributed by atoms with E-state index >= 15 is 4.39 Å². The number of aromatic nitrogens is 2. The van der Waals surface area contributed by atoms with E-state index in [0.29, 0.717) is 59.3 Å². The quantitative estimate of drug-likeness (QED) is 0.392. The summed E-state index contributed by atoms with van der Waals surface area (Å²) >= 11 is -1.56. The Morgan fingerprint density at radius 2 is 1.89 bits per heavy atom. The van der Waals surface area contributed by atoms with Gasteiger partial charge < -0.3 is 14.0 Å². The van der Waals surface area contributed by atoms with Crippen molar-refractivity contribution in [2.45, 2.75) is 19.9 Å². The van der Waals surface area contributed by atoms with E-state index in [4.69, 9.17) is 14.0 Å². The van der Waals surface area contributed by atoms with E-state index in [0.717, 1.165) is 11.1 Å². The van der Waals surface area contributed by atoms with Crippen LogP contribution in [0.15, 0.2) is 64.1 Å². The average molecular weight is 525 g/mol. The number of rotatable bonds is 7. The van der Waals surface area contributed by atoms with E-state index in [2.05, 4.69) is 9.88 Å². The Balaban J connectivity index is 1.52. The molecule has 0 saturated heterocycles. The first-order valence-electron chi connectivity index (χ1n) is 11.5. The SMILES string of the molecule is COc1cc(-c2cc(OC)c(-n3c4c(ccc3=O)CN(S(=O)Nc3ccon3)CC4)cc2F)ccc1C. The first-order valence-corrected chi connectivity index (χ1v) is 12.6. The summed E-state index contributed by atoms with van der Waals surface area (Å²) in [6, 6.07) is 13.1. The molecule has 0 bridgehead atoms. The van der Waals surface area contributed by atoms with Crippen molar-refractivity contribution in [3.05, 3.63) is 87.8 Å². The predicted octanol–water partition coefficient (Wildman–Crippen LogP) is 4.01. The molecule has 4 aromatic rings. The second-order valence-electron chi connectivity index (χ2n) is 8.52. The minimum atomic E-state index is -1.56. The van der Waals surface area contributed by atoms with Crippen LogP contribution in [-0.4, -0.2) is 39.0 Å². The Morgan fingerprint density at radius 3 is 2.62 bits per heavy atom. The molecule has 192 valence electrons. The molecule has 0 fully saturated rings. The lowest BCUT2D eigenvalue weighted by molar-refractivity contribution is 0.403. The fourth-order valence-electron chi connectivity index (χ4n) is 4.45. The molecule has 37 heavy (non-hydrogen) atoms. The number of hydrogen-bond acceptors (Lipinski definition) is 6. The van der Waals surface area contributed by atoms with Gasteiger partial charge in [-0.3, -0.25) is 14.1 Å². The smallest absolute Gasteiger partial charge is 0.255 e. The maximum atomic E-state index is 15.5. The van der Waals surface area contributed by atoms with Crippen LogP contribution in [0.1, 0.15) is 16.8 Å². The minimum absolute atomic E-state index is 0.306. The molecule has 3 heterocycles. The normalized spacial score (nSPS) is 14.2. The largest absolute Gasteiger partial charge is 0.496 e. The monoisotopic (exact) mass is 524 g/mol. The summed E-state index contributed by atoms with van der Waals surface area (Å²) in [5.41, 5.74) is 3.41. The van der Waals surface area contributed by atoms with Gasteiger partial charge in [0.15, 0.2) is 17.0 Å². The number of methoxy groups -OCH3 is 2. The summed E-state index contributed by atoms with van der Waals surface area (Å²) in [5.74, 6) is 0.862. The van der Waals surface area contributed by atoms with Gasteiger partial charge in [0, 0.05) is 49.0 Å². The number of aryl methyl sites for hydroxylation is 1. The van der Waals surface area contributed by atoms with Gasteiger partial charge in [-0.25, -0.2) is 12.9 Å². The predicted molar refractivity (Wildman–Crippen MR) is 138 cm³/mol. The van der Waals surface area contributed by atoms with E-state index in [1.54, 1.807) is 35.7 Å². The zero-order valence-corrected chi connectivity index (χ0v) is 21.3. The molecular weight excluding hydrogens is 499 g/mol. The number of nitrogens with zero attached hydrogens (tertiary/aromatic N) is 3. The fourth-order valence-corrected chi connectivity index (χ4v) is 5.38. The van der Waals surface area contributed by atoms with Crippen LogP contribution in [0.5, 0.6) is 11.5 Å². The molecule has 1 aliphatic rings. The van der Waals surface area contributed by atoms with Crippen molar-refractivity contribution in [3.63, 3.8) is 0 Å². The Hall–Kier alpha value is -3.96. The highest BCUT2D eigenvalue weighted by Crippen LogP contribution is 2.35. The molecule has 1 N–H and O–H groups in total. The lowest BCUT2D eigenvalue weighted by Crippen LogP contribution is -2.38. The van der Waals surface area contributed by atoms with E-state index in [9.17, 15) is 9.00 Å². The zero-order chi connectivity index (χ0) is 26.1. The summed E-state index contributed by atoms with van der Waals surface area (Å²) < 4.78 is 50.0. The first-order chi connectivity index (χ1) is 17.9. The van der Waals surface area contributed by atoms with Crippen LogP contribution in [0.2, 0.25) is 0 Å². The highest BCUT2D eigenvalue weighted by Gasteiger charge is 2.26. The van der Waals surface area contributed by atoms with Gasteiger partial charge >= 0.3 is 0 Å². The summed E-state index contributed by atoms with van der Waals surface area (Å²) in [6.07, 6.45) is 1.80. The summed E-state index contributed by atoms with van der Waals surface area (Å²) in [6.45, 7) is 2.63. The zero-order valence-electron chi connectivity index (χ0n) is 20.5. The van der Waals surface area contributed by atoms with Crippen molar-refractivity contribution >= 4 is 17.0 Å². The standard InChI is InChI=1S/C26H25FN4O5S/c1-16-4-5-17(12-23(16)34-2)19-13-24(35-3)22(14-20(19)27)31-21-8-10-30(15-18(21)6-7-26(31)32)37(33)29-25-9-11-36-28-25/h4-7,9,11-14H,8,10,15H2,1-3H3,(H,28,29). The van der Waals surface area contributed by atoms with Gasteiger partial charge in [0.05, 0.1) is 19.9 Å². The third kappa shape index (κ3) is 4.75. The van der Waals surface area contributed by atoms with Gasteiger partial charge in [-0.1, -0.05) is 23.4 Å². The van der Waals surface area contributed by atoms with Crippen LogP contribution in [0, 0.1) is 12.7 Å². The number of hydrogen-bond donors (Lipinski definition) is 1. The molecule has 0 amide bonds. The van der Waals surface area contributed by atoms with Gasteiger partial charge in [-0.15, -0.1) is 0 Å². The van der Waals surface area contributed by atoms with Gasteiger partial charge in [0.1, 0.15) is 23.6 Å². The molecule has 1 unspecified atom stereocenters. The van der Waals surface area contributed by atoms with Crippen molar-refractivity contribution in [1.82, 2.24) is 14.0 Å². The summed E-state index contributed by atoms with van der Waals surface area (Å²) in [4.78, 5) is 13.0. The average Bonchev–Trinajstić information content (AvgIpc) is 3.41. The van der Waals surface area contributed by atoms with Gasteiger partial charge in [0.2, 0.25) is 0 Å². The molecule has 0 radical (unpaired) electrons. The molecule has 0 aliphatic carbocycles. The van der Waals surface area contributed by atoms with Gasteiger partial charge in [-0.05, 0) is 35.7 Å². The maximum absolute atomic E-state index is 15.5. The van der Waals surface area contributed by atoms with Crippen molar-refractivity contribution in [3.8, 4) is 28.3 Å². The van der Waals surface area contributed by atoms with E-state index in [1.807, 2.05) is 19.1 Å². The van der Waals surface area contributed by atoms with Gasteiger partial charge in [0.25, 0.3) is 5.56 Å². The second kappa shape index (κ2) is 10.2. The molecule has 1 atom stereocenters. The summed E-state index contributed by atoms with van der Waals surface area (Å²) in [7, 11) is 3.05. The Morgan fingerprint density at radius 1 is 1.08 bits per heavy atom.